The number of hydrogen-bond acceptors (Lipinski definition) is 20. The van der Waals surface area contributed by atoms with E-state index >= 15 is 4.39 Å². The van der Waals surface area contributed by atoms with Crippen LogP contribution in [0.4, 0.5) is 16.0 Å². The number of imidazole rings is 2. The number of halogens is 1. The SMILES string of the molecule is CC(C)(C)C(=O)OCSP1(=O)OC[C@H]2O[C@@H](n3cnc4c(N)ncnc43)C(F)C2OP(=O)(O)OC[C@H]2O[C@@H](n3cnc4c(N)ncnc43)C(O1)C2O. The number of phosphoric ester groups is 1. The largest absolute Gasteiger partial charge is 0.472 e. The zero-order valence-corrected chi connectivity index (χ0v) is 30.0. The number of nitrogens with two attached hydrogens (primary N) is 2. The van der Waals surface area contributed by atoms with Gasteiger partial charge in [0.2, 0.25) is 0 Å². The standard InChI is InChI=1S/C26H33FN10O12P2S/c1-26(2,3)25(39)43-10-52-51(42)45-5-12-17(13(27)23(47-12)36-8-34-14-19(28)30-6-32-21(14)36)48-50(40,41)44-4-11-16(38)18(49-51)24(46-11)37-9-35-15-20(29)31-7-33-22(15)37/h6-9,11-13,16-18,23-24,38H,4-5,10H2,1-3H3,(H,40,41)(H2,28,30,32)(H2,29,31,33)/t11-,12-,13?,16?,17?,18?,23-,24-,51?/m1/s1. The molecule has 0 radical (unpaired) electrons. The molecule has 3 aliphatic rings. The van der Waals surface area contributed by atoms with Gasteiger partial charge in [0.25, 0.3) is 0 Å². The van der Waals surface area contributed by atoms with E-state index in [4.69, 9.17) is 43.8 Å². The molecular weight excluding hydrogens is 757 g/mol. The minimum atomic E-state index is -5.15. The summed E-state index contributed by atoms with van der Waals surface area (Å²) in [5, 5.41) is 11.4. The number of esters is 1. The van der Waals surface area contributed by atoms with E-state index in [-0.39, 0.29) is 34.0 Å². The smallest absolute Gasteiger partial charge is 0.454 e. The predicted octanol–water partition coefficient (Wildman–Crippen LogP) is 1.63. The lowest BCUT2D eigenvalue weighted by Gasteiger charge is -2.28. The minimum Gasteiger partial charge on any atom is -0.454 e. The van der Waals surface area contributed by atoms with Crippen LogP contribution >= 0.6 is 26.0 Å². The van der Waals surface area contributed by atoms with E-state index in [1.807, 2.05) is 0 Å². The van der Waals surface area contributed by atoms with Crippen molar-refractivity contribution in [1.82, 2.24) is 39.0 Å². The first-order valence-corrected chi connectivity index (χ1v) is 20.1. The molecule has 26 heteroatoms. The van der Waals surface area contributed by atoms with Crippen molar-refractivity contribution in [2.75, 3.05) is 30.6 Å². The Balaban J connectivity index is 1.23. The van der Waals surface area contributed by atoms with Gasteiger partial charge in [0.15, 0.2) is 41.6 Å². The molecule has 2 bridgehead atoms. The number of hydrogen-bond donors (Lipinski definition) is 4. The summed E-state index contributed by atoms with van der Waals surface area (Å²) < 4.78 is 86.2. The second-order valence-electron chi connectivity index (χ2n) is 12.8. The van der Waals surface area contributed by atoms with E-state index in [9.17, 15) is 23.9 Å². The van der Waals surface area contributed by atoms with Gasteiger partial charge in [-0.2, -0.15) is 0 Å². The van der Waals surface area contributed by atoms with Crippen LogP contribution in [0.1, 0.15) is 33.2 Å². The minimum absolute atomic E-state index is 0.00627. The number of fused-ring (bicyclic) bond motifs is 5. The van der Waals surface area contributed by atoms with Crippen molar-refractivity contribution in [1.29, 1.82) is 0 Å². The second kappa shape index (κ2) is 13.8. The van der Waals surface area contributed by atoms with E-state index in [1.165, 1.54) is 21.8 Å². The van der Waals surface area contributed by atoms with Crippen LogP contribution in [0.5, 0.6) is 0 Å². The Morgan fingerprint density at radius 1 is 0.923 bits per heavy atom. The molecule has 3 fully saturated rings. The third-order valence-corrected chi connectivity index (χ3v) is 12.6. The molecule has 6 unspecified atom stereocenters. The van der Waals surface area contributed by atoms with Crippen molar-refractivity contribution in [3.8, 4) is 0 Å². The number of alkyl halides is 1. The van der Waals surface area contributed by atoms with Crippen molar-refractivity contribution in [2.45, 2.75) is 69.9 Å². The van der Waals surface area contributed by atoms with Gasteiger partial charge in [-0.05, 0) is 20.8 Å². The molecule has 7 rings (SSSR count). The molecule has 4 aromatic heterocycles. The Bertz CT molecular complexity index is 2090. The summed E-state index contributed by atoms with van der Waals surface area (Å²) >= 11 is 0.441. The van der Waals surface area contributed by atoms with Crippen LogP contribution in [0.3, 0.4) is 0 Å². The van der Waals surface area contributed by atoms with E-state index in [1.54, 1.807) is 20.8 Å². The van der Waals surface area contributed by atoms with Gasteiger partial charge >= 0.3 is 20.6 Å². The summed E-state index contributed by atoms with van der Waals surface area (Å²) in [4.78, 5) is 47.6. The number of nitrogens with zero attached hydrogens (tertiary/aromatic N) is 8. The quantitative estimate of drug-likeness (QED) is 0.127. The number of carbonyl (C=O) groups is 1. The van der Waals surface area contributed by atoms with Gasteiger partial charge in [0, 0.05) is 11.4 Å². The molecule has 0 spiro atoms. The summed E-state index contributed by atoms with van der Waals surface area (Å²) in [6.45, 7) is -1.31. The Kier molecular flexibility index (Phi) is 9.78. The van der Waals surface area contributed by atoms with E-state index < -0.39 is 94.3 Å². The average Bonchev–Trinajstić information content (AvgIpc) is 3.84. The number of phosphoric acid groups is 1. The van der Waals surface area contributed by atoms with E-state index in [0.29, 0.717) is 11.4 Å². The molecule has 0 aromatic carbocycles. The first-order chi connectivity index (χ1) is 24.6. The van der Waals surface area contributed by atoms with Gasteiger partial charge in [0.1, 0.15) is 60.1 Å². The van der Waals surface area contributed by atoms with Crippen molar-refractivity contribution >= 4 is 65.9 Å². The summed E-state index contributed by atoms with van der Waals surface area (Å²) in [7, 11) is -5.15. The summed E-state index contributed by atoms with van der Waals surface area (Å²) in [5.74, 6) is -1.14. The number of carbonyl (C=O) groups excluding carboxylic acids is 1. The maximum absolute atomic E-state index is 16.3. The van der Waals surface area contributed by atoms with Gasteiger partial charge < -0.3 is 35.7 Å². The topological polar surface area (TPSA) is 296 Å². The highest BCUT2D eigenvalue weighted by molar-refractivity contribution is 8.55. The Morgan fingerprint density at radius 3 is 2.12 bits per heavy atom. The second-order valence-corrected chi connectivity index (χ2v) is 18.2. The molecular formula is C26H33FN10O12P2S. The number of aliphatic hydroxyl groups is 1. The third-order valence-electron chi connectivity index (χ3n) is 8.22. The third kappa shape index (κ3) is 7.00. The molecule has 4 aromatic rings. The summed E-state index contributed by atoms with van der Waals surface area (Å²) in [6.07, 6.45) is -8.49. The fraction of sp³-hybridized carbons (Fsp3) is 0.577. The molecule has 0 amide bonds. The Morgan fingerprint density at radius 2 is 1.50 bits per heavy atom. The zero-order valence-electron chi connectivity index (χ0n) is 27.4. The molecule has 282 valence electrons. The lowest BCUT2D eigenvalue weighted by Crippen LogP contribution is -2.35. The highest BCUT2D eigenvalue weighted by Crippen LogP contribution is 2.64. The predicted molar refractivity (Wildman–Crippen MR) is 175 cm³/mol. The van der Waals surface area contributed by atoms with Gasteiger partial charge in [-0.3, -0.25) is 32.0 Å². The number of rotatable bonds is 5. The molecule has 52 heavy (non-hydrogen) atoms. The Hall–Kier alpha value is -3.41. The lowest BCUT2D eigenvalue weighted by atomic mass is 9.98. The van der Waals surface area contributed by atoms with Gasteiger partial charge in [-0.15, -0.1) is 0 Å². The number of nitrogen functional groups attached to an aromatic ring is 2. The molecule has 7 heterocycles. The number of aliphatic hydroxyl groups excluding tert-OH is 1. The van der Waals surface area contributed by atoms with E-state index in [0.717, 1.165) is 12.7 Å². The number of ether oxygens (including phenoxy) is 3. The lowest BCUT2D eigenvalue weighted by molar-refractivity contribution is -0.150. The summed E-state index contributed by atoms with van der Waals surface area (Å²) in [6, 6.07) is 0. The molecule has 3 aliphatic heterocycles. The van der Waals surface area contributed by atoms with Gasteiger partial charge in [-0.25, -0.2) is 43.4 Å². The van der Waals surface area contributed by atoms with Crippen molar-refractivity contribution in [3.63, 3.8) is 0 Å². The maximum Gasteiger partial charge on any atom is 0.472 e. The highest BCUT2D eigenvalue weighted by atomic mass is 32.7. The normalized spacial score (nSPS) is 34.4. The van der Waals surface area contributed by atoms with Crippen molar-refractivity contribution < 1.29 is 60.6 Å². The van der Waals surface area contributed by atoms with Crippen LogP contribution in [-0.4, -0.2) is 111 Å². The first-order valence-electron chi connectivity index (χ1n) is 15.4. The molecule has 22 nitrogen and oxygen atoms in total. The Labute approximate surface area is 296 Å². The van der Waals surface area contributed by atoms with E-state index in [2.05, 4.69) is 29.9 Å². The highest BCUT2D eigenvalue weighted by Gasteiger charge is 2.55. The van der Waals surface area contributed by atoms with Crippen LogP contribution < -0.4 is 11.5 Å². The average molecular weight is 791 g/mol. The monoisotopic (exact) mass is 790 g/mol. The molecule has 0 aliphatic carbocycles. The number of anilines is 2. The maximum atomic E-state index is 16.3. The van der Waals surface area contributed by atoms with Crippen LogP contribution in [0, 0.1) is 5.41 Å². The molecule has 10 atom stereocenters. The van der Waals surface area contributed by atoms with Gasteiger partial charge in [0.05, 0.1) is 31.3 Å². The molecule has 3 saturated heterocycles. The van der Waals surface area contributed by atoms with Crippen molar-refractivity contribution in [2.24, 2.45) is 5.41 Å². The van der Waals surface area contributed by atoms with Crippen LogP contribution in [-0.2, 0) is 46.2 Å². The van der Waals surface area contributed by atoms with Crippen LogP contribution in [0.2, 0.25) is 0 Å². The molecule has 0 saturated carbocycles. The fourth-order valence-corrected chi connectivity index (χ4v) is 9.34. The first kappa shape index (κ1) is 36.9. The van der Waals surface area contributed by atoms with Crippen LogP contribution in [0.15, 0.2) is 25.3 Å². The van der Waals surface area contributed by atoms with Crippen molar-refractivity contribution in [3.05, 3.63) is 25.3 Å². The summed E-state index contributed by atoms with van der Waals surface area (Å²) in [5.41, 5.74) is 11.4. The van der Waals surface area contributed by atoms with Crippen LogP contribution in [0.25, 0.3) is 22.3 Å². The molecule has 6 N–H and O–H groups in total. The number of aromatic nitrogens is 8. The van der Waals surface area contributed by atoms with Gasteiger partial charge in [-0.1, -0.05) is 0 Å². The zero-order chi connectivity index (χ0) is 37.2. The fourth-order valence-electron chi connectivity index (χ4n) is 5.61.